The highest BCUT2D eigenvalue weighted by molar-refractivity contribution is 6.23. The number of carbonyl (C=O) groups is 3. The molecule has 30 heavy (non-hydrogen) atoms. The lowest BCUT2D eigenvalue weighted by Gasteiger charge is -2.37. The number of allylic oxidation sites excluding steroid dienone is 2. The van der Waals surface area contributed by atoms with Gasteiger partial charge >= 0.3 is 0 Å². The Morgan fingerprint density at radius 2 is 1.47 bits per heavy atom. The molecule has 0 radical (unpaired) electrons. The number of rotatable bonds is 5. The number of hydrogen-bond donors (Lipinski definition) is 0. The molecule has 3 fully saturated rings. The molecule has 4 aliphatic carbocycles. The minimum absolute atomic E-state index is 0.125. The Bertz CT molecular complexity index is 1060. The summed E-state index contributed by atoms with van der Waals surface area (Å²) in [4.78, 5) is 40.5. The lowest BCUT2D eigenvalue weighted by Crippen LogP contribution is -2.40. The second-order valence-electron chi connectivity index (χ2n) is 8.71. The van der Waals surface area contributed by atoms with Crippen LogP contribution in [0.25, 0.3) is 0 Å². The SMILES string of the molecule is O=C(COc1ccccc1N1C(=O)C2C3C=CC(C4CC34)C2C1=O)c1ccccc1. The first-order valence-electron chi connectivity index (χ1n) is 10.5. The quantitative estimate of drug-likeness (QED) is 0.439. The molecule has 150 valence electrons. The minimum atomic E-state index is -0.254. The molecule has 2 amide bonds. The number of carbonyl (C=O) groups excluding carboxylic acids is 3. The van der Waals surface area contributed by atoms with Gasteiger partial charge in [0.05, 0.1) is 17.5 Å². The highest BCUT2D eigenvalue weighted by atomic mass is 16.5. The van der Waals surface area contributed by atoms with E-state index in [1.165, 1.54) is 4.90 Å². The molecular formula is C25H21NO4. The highest BCUT2D eigenvalue weighted by Crippen LogP contribution is 2.65. The van der Waals surface area contributed by atoms with Crippen LogP contribution in [0.4, 0.5) is 5.69 Å². The van der Waals surface area contributed by atoms with Crippen molar-refractivity contribution in [2.24, 2.45) is 35.5 Å². The maximum Gasteiger partial charge on any atom is 0.238 e. The number of hydrogen-bond acceptors (Lipinski definition) is 4. The van der Waals surface area contributed by atoms with Gasteiger partial charge in [-0.3, -0.25) is 14.4 Å². The van der Waals surface area contributed by atoms with E-state index in [2.05, 4.69) is 12.2 Å². The minimum Gasteiger partial charge on any atom is -0.483 e. The molecule has 0 spiro atoms. The van der Waals surface area contributed by atoms with E-state index in [4.69, 9.17) is 4.74 Å². The second kappa shape index (κ2) is 6.39. The van der Waals surface area contributed by atoms with Crippen molar-refractivity contribution in [1.29, 1.82) is 0 Å². The Kier molecular flexibility index (Phi) is 3.76. The van der Waals surface area contributed by atoms with Gasteiger partial charge in [-0.25, -0.2) is 4.90 Å². The molecule has 6 unspecified atom stereocenters. The zero-order valence-corrected chi connectivity index (χ0v) is 16.3. The smallest absolute Gasteiger partial charge is 0.238 e. The van der Waals surface area contributed by atoms with Crippen molar-refractivity contribution in [1.82, 2.24) is 0 Å². The van der Waals surface area contributed by atoms with Crippen molar-refractivity contribution in [3.8, 4) is 5.75 Å². The Morgan fingerprint density at radius 3 is 2.13 bits per heavy atom. The van der Waals surface area contributed by atoms with Crippen LogP contribution in [0.15, 0.2) is 66.7 Å². The maximum absolute atomic E-state index is 13.4. The summed E-state index contributed by atoms with van der Waals surface area (Å²) in [6, 6.07) is 15.9. The van der Waals surface area contributed by atoms with Gasteiger partial charge in [-0.1, -0.05) is 54.6 Å². The molecule has 1 saturated heterocycles. The van der Waals surface area contributed by atoms with Crippen LogP contribution in [0.5, 0.6) is 5.75 Å². The number of para-hydroxylation sites is 2. The van der Waals surface area contributed by atoms with E-state index >= 15 is 0 Å². The fourth-order valence-corrected chi connectivity index (χ4v) is 5.81. The van der Waals surface area contributed by atoms with Crippen LogP contribution in [-0.4, -0.2) is 24.2 Å². The van der Waals surface area contributed by atoms with Crippen LogP contribution < -0.4 is 9.64 Å². The summed E-state index contributed by atoms with van der Waals surface area (Å²) in [6.45, 7) is -0.152. The van der Waals surface area contributed by atoms with Crippen molar-refractivity contribution in [2.75, 3.05) is 11.5 Å². The fourth-order valence-electron chi connectivity index (χ4n) is 5.81. The predicted octanol–water partition coefficient (Wildman–Crippen LogP) is 3.51. The number of benzene rings is 2. The normalized spacial score (nSPS) is 32.7. The number of imide groups is 1. The van der Waals surface area contributed by atoms with Gasteiger partial charge in [-0.05, 0) is 42.2 Å². The zero-order valence-electron chi connectivity index (χ0n) is 16.3. The first kappa shape index (κ1) is 17.6. The van der Waals surface area contributed by atoms with Crippen LogP contribution in [0, 0.1) is 35.5 Å². The number of ether oxygens (including phenoxy) is 1. The Hall–Kier alpha value is -3.21. The molecule has 0 N–H and O–H groups in total. The maximum atomic E-state index is 13.4. The summed E-state index contributed by atoms with van der Waals surface area (Å²) in [7, 11) is 0. The van der Waals surface area contributed by atoms with E-state index in [9.17, 15) is 14.4 Å². The van der Waals surface area contributed by atoms with Gasteiger partial charge in [0.1, 0.15) is 5.75 Å². The van der Waals surface area contributed by atoms with Gasteiger partial charge in [-0.15, -0.1) is 0 Å². The van der Waals surface area contributed by atoms with E-state index in [0.717, 1.165) is 6.42 Å². The third-order valence-corrected chi connectivity index (χ3v) is 7.22. The molecule has 5 nitrogen and oxygen atoms in total. The van der Waals surface area contributed by atoms with Crippen LogP contribution in [-0.2, 0) is 9.59 Å². The van der Waals surface area contributed by atoms with E-state index in [1.54, 1.807) is 48.5 Å². The summed E-state index contributed by atoms with van der Waals surface area (Å²) < 4.78 is 5.80. The second-order valence-corrected chi connectivity index (χ2v) is 8.71. The lowest BCUT2D eigenvalue weighted by atomic mass is 9.63. The van der Waals surface area contributed by atoms with Crippen molar-refractivity contribution in [3.63, 3.8) is 0 Å². The molecule has 0 aromatic heterocycles. The Labute approximate surface area is 174 Å². The number of amides is 2. The van der Waals surface area contributed by atoms with E-state index < -0.39 is 0 Å². The molecule has 5 heteroatoms. The summed E-state index contributed by atoms with van der Waals surface area (Å²) in [6.07, 6.45) is 5.46. The summed E-state index contributed by atoms with van der Waals surface area (Å²) in [5.74, 6) is 0.957. The largest absolute Gasteiger partial charge is 0.483 e. The summed E-state index contributed by atoms with van der Waals surface area (Å²) in [5, 5.41) is 0. The summed E-state index contributed by atoms with van der Waals surface area (Å²) >= 11 is 0. The molecule has 7 rings (SSSR count). The van der Waals surface area contributed by atoms with Crippen LogP contribution >= 0.6 is 0 Å². The van der Waals surface area contributed by atoms with Gasteiger partial charge in [0.25, 0.3) is 0 Å². The average molecular weight is 399 g/mol. The third kappa shape index (κ3) is 2.44. The standard InChI is InChI=1S/C25H21NO4/c27-20(14-6-2-1-3-7-14)13-30-21-9-5-4-8-19(21)26-24(28)22-15-10-11-16(18-12-17(15)18)23(22)25(26)29/h1-11,15-18,22-23H,12-13H2. The van der Waals surface area contributed by atoms with E-state index in [1.807, 2.05) is 6.07 Å². The van der Waals surface area contributed by atoms with Gasteiger partial charge in [-0.2, -0.15) is 0 Å². The molecule has 1 heterocycles. The molecule has 5 aliphatic rings. The number of anilines is 1. The fraction of sp³-hybridized carbons (Fsp3) is 0.320. The first-order chi connectivity index (χ1) is 14.6. The van der Waals surface area contributed by atoms with Crippen molar-refractivity contribution in [2.45, 2.75) is 6.42 Å². The summed E-state index contributed by atoms with van der Waals surface area (Å²) in [5.41, 5.74) is 1.01. The van der Waals surface area contributed by atoms with Gasteiger partial charge in [0.2, 0.25) is 11.8 Å². The van der Waals surface area contributed by atoms with Crippen molar-refractivity contribution < 1.29 is 19.1 Å². The zero-order chi connectivity index (χ0) is 20.4. The molecular weight excluding hydrogens is 378 g/mol. The highest BCUT2D eigenvalue weighted by Gasteiger charge is 2.67. The predicted molar refractivity (Wildman–Crippen MR) is 110 cm³/mol. The van der Waals surface area contributed by atoms with Gasteiger partial charge in [0.15, 0.2) is 12.4 Å². The van der Waals surface area contributed by atoms with E-state index in [-0.39, 0.29) is 47.9 Å². The first-order valence-corrected chi connectivity index (χ1v) is 10.5. The molecule has 2 aromatic rings. The average Bonchev–Trinajstić information content (AvgIpc) is 3.56. The van der Waals surface area contributed by atoms with Gasteiger partial charge in [0, 0.05) is 5.56 Å². The lowest BCUT2D eigenvalue weighted by molar-refractivity contribution is -0.124. The van der Waals surface area contributed by atoms with E-state index in [0.29, 0.717) is 28.8 Å². The van der Waals surface area contributed by atoms with Crippen molar-refractivity contribution >= 4 is 23.3 Å². The molecule has 2 bridgehead atoms. The van der Waals surface area contributed by atoms with Gasteiger partial charge < -0.3 is 4.74 Å². The Morgan fingerprint density at radius 1 is 0.867 bits per heavy atom. The third-order valence-electron chi connectivity index (χ3n) is 7.22. The Balaban J connectivity index is 1.28. The molecule has 6 atom stereocenters. The monoisotopic (exact) mass is 399 g/mol. The number of nitrogens with zero attached hydrogens (tertiary/aromatic N) is 1. The van der Waals surface area contributed by atoms with Crippen LogP contribution in [0.2, 0.25) is 0 Å². The number of Topliss-reactive ketones (excluding diaryl/α,β-unsaturated/α-hetero) is 1. The number of ketones is 1. The topological polar surface area (TPSA) is 63.7 Å². The van der Waals surface area contributed by atoms with Crippen LogP contribution in [0.1, 0.15) is 16.8 Å². The molecule has 2 saturated carbocycles. The molecule has 2 aromatic carbocycles. The van der Waals surface area contributed by atoms with Crippen molar-refractivity contribution in [3.05, 3.63) is 72.3 Å². The molecule has 1 aliphatic heterocycles. The van der Waals surface area contributed by atoms with Crippen LogP contribution in [0.3, 0.4) is 0 Å².